The molecule has 0 saturated heterocycles. The van der Waals surface area contributed by atoms with Crippen molar-refractivity contribution in [1.29, 1.82) is 0 Å². The molecular formula is C23H30N4O2. The van der Waals surface area contributed by atoms with Gasteiger partial charge in [0.25, 0.3) is 0 Å². The zero-order valence-electron chi connectivity index (χ0n) is 17.7. The van der Waals surface area contributed by atoms with Crippen molar-refractivity contribution in [2.24, 2.45) is 12.9 Å². The van der Waals surface area contributed by atoms with E-state index in [9.17, 15) is 0 Å². The molecule has 3 aromatic rings. The summed E-state index contributed by atoms with van der Waals surface area (Å²) < 4.78 is 13.6. The number of benzene rings is 2. The molecule has 0 atom stereocenters. The second-order valence-electron chi connectivity index (χ2n) is 7.16. The monoisotopic (exact) mass is 394 g/mol. The molecule has 1 heterocycles. The van der Waals surface area contributed by atoms with E-state index in [2.05, 4.69) is 24.2 Å². The lowest BCUT2D eigenvalue weighted by Crippen LogP contribution is -2.26. The Hall–Kier alpha value is -2.99. The van der Waals surface area contributed by atoms with Crippen LogP contribution in [-0.4, -0.2) is 23.9 Å². The molecule has 0 fully saturated rings. The third-order valence-electron chi connectivity index (χ3n) is 4.95. The van der Waals surface area contributed by atoms with Gasteiger partial charge in [-0.25, -0.2) is 5.84 Å². The van der Waals surface area contributed by atoms with Crippen LogP contribution in [0.5, 0.6) is 11.5 Å². The molecule has 0 bridgehead atoms. The van der Waals surface area contributed by atoms with E-state index in [0.29, 0.717) is 6.61 Å². The van der Waals surface area contributed by atoms with Gasteiger partial charge in [0.1, 0.15) is 18.1 Å². The second kappa shape index (κ2) is 9.47. The molecule has 6 heteroatoms. The molecule has 0 aliphatic carbocycles. The number of methoxy groups -OCH3 is 1. The van der Waals surface area contributed by atoms with Crippen molar-refractivity contribution < 1.29 is 9.47 Å². The minimum Gasteiger partial charge on any atom is -0.496 e. The third-order valence-corrected chi connectivity index (χ3v) is 4.95. The van der Waals surface area contributed by atoms with Gasteiger partial charge in [-0.2, -0.15) is 5.10 Å². The van der Waals surface area contributed by atoms with Crippen molar-refractivity contribution in [2.45, 2.75) is 32.8 Å². The summed E-state index contributed by atoms with van der Waals surface area (Å²) in [5, 5.41) is 6.11. The minimum absolute atomic E-state index is 0.378. The van der Waals surface area contributed by atoms with Crippen molar-refractivity contribution in [2.75, 3.05) is 19.2 Å². The standard InChI is InChI=1S/C23H30N4O2/c1-5-6-8-18-15-17(20-13-14-26(2)25-20)11-12-22(18)29-16-19-21(27(3)24)9-7-10-23(19)28-4/h7,9-15H,5-6,8,16,24H2,1-4H3. The van der Waals surface area contributed by atoms with Gasteiger partial charge in [-0.3, -0.25) is 4.68 Å². The van der Waals surface area contributed by atoms with Crippen LogP contribution in [0.3, 0.4) is 0 Å². The summed E-state index contributed by atoms with van der Waals surface area (Å²) in [7, 11) is 5.40. The van der Waals surface area contributed by atoms with Crippen molar-refractivity contribution in [3.8, 4) is 22.8 Å². The number of aromatic nitrogens is 2. The summed E-state index contributed by atoms with van der Waals surface area (Å²) in [6.45, 7) is 2.57. The first-order valence-corrected chi connectivity index (χ1v) is 9.93. The first kappa shape index (κ1) is 20.7. The molecule has 0 unspecified atom stereocenters. The van der Waals surface area contributed by atoms with Gasteiger partial charge < -0.3 is 14.5 Å². The Morgan fingerprint density at radius 3 is 2.62 bits per heavy atom. The van der Waals surface area contributed by atoms with Crippen LogP contribution >= 0.6 is 0 Å². The van der Waals surface area contributed by atoms with E-state index >= 15 is 0 Å². The van der Waals surface area contributed by atoms with Crippen LogP contribution in [0.2, 0.25) is 0 Å². The van der Waals surface area contributed by atoms with E-state index in [4.69, 9.17) is 15.3 Å². The number of unbranched alkanes of at least 4 members (excludes halogenated alkanes) is 1. The normalized spacial score (nSPS) is 10.8. The van der Waals surface area contributed by atoms with Crippen molar-refractivity contribution in [1.82, 2.24) is 9.78 Å². The molecule has 0 radical (unpaired) electrons. The first-order chi connectivity index (χ1) is 14.0. The number of anilines is 1. The minimum atomic E-state index is 0.378. The predicted octanol–water partition coefficient (Wildman–Crippen LogP) is 4.33. The molecule has 2 N–H and O–H groups in total. The van der Waals surface area contributed by atoms with Crippen LogP contribution in [0.25, 0.3) is 11.3 Å². The molecule has 0 spiro atoms. The highest BCUT2D eigenvalue weighted by atomic mass is 16.5. The zero-order chi connectivity index (χ0) is 20.8. The summed E-state index contributed by atoms with van der Waals surface area (Å²) in [5.74, 6) is 7.65. The Labute approximate surface area is 172 Å². The van der Waals surface area contributed by atoms with Crippen molar-refractivity contribution in [3.05, 3.63) is 59.8 Å². The molecular weight excluding hydrogens is 364 g/mol. The molecule has 0 saturated carbocycles. The van der Waals surface area contributed by atoms with Gasteiger partial charge in [-0.15, -0.1) is 0 Å². The quantitative estimate of drug-likeness (QED) is 0.432. The van der Waals surface area contributed by atoms with Gasteiger partial charge in [0.05, 0.1) is 24.1 Å². The molecule has 2 aromatic carbocycles. The second-order valence-corrected chi connectivity index (χ2v) is 7.16. The predicted molar refractivity (Wildman–Crippen MR) is 117 cm³/mol. The number of hydrazine groups is 1. The lowest BCUT2D eigenvalue weighted by atomic mass is 10.0. The molecule has 0 amide bonds. The number of hydrogen-bond donors (Lipinski definition) is 1. The van der Waals surface area contributed by atoms with Gasteiger partial charge in [0.2, 0.25) is 0 Å². The summed E-state index contributed by atoms with van der Waals surface area (Å²) in [6, 6.07) is 14.1. The number of ether oxygens (including phenoxy) is 2. The van der Waals surface area contributed by atoms with E-state index < -0.39 is 0 Å². The van der Waals surface area contributed by atoms with Crippen LogP contribution in [-0.2, 0) is 20.1 Å². The summed E-state index contributed by atoms with van der Waals surface area (Å²) in [6.07, 6.45) is 5.15. The average Bonchev–Trinajstić information content (AvgIpc) is 3.16. The van der Waals surface area contributed by atoms with Crippen LogP contribution < -0.4 is 20.3 Å². The van der Waals surface area contributed by atoms with Crippen LogP contribution in [0, 0.1) is 0 Å². The Balaban J connectivity index is 1.89. The van der Waals surface area contributed by atoms with Gasteiger partial charge >= 0.3 is 0 Å². The fraction of sp³-hybridized carbons (Fsp3) is 0.348. The van der Waals surface area contributed by atoms with Crippen molar-refractivity contribution >= 4 is 5.69 Å². The zero-order valence-corrected chi connectivity index (χ0v) is 17.7. The maximum atomic E-state index is 6.26. The topological polar surface area (TPSA) is 65.5 Å². The SMILES string of the molecule is CCCCc1cc(-c2ccn(C)n2)ccc1OCc1c(OC)cccc1N(C)N. The lowest BCUT2D eigenvalue weighted by molar-refractivity contribution is 0.294. The molecule has 29 heavy (non-hydrogen) atoms. The Kier molecular flexibility index (Phi) is 6.77. The maximum absolute atomic E-state index is 6.26. The molecule has 1 aromatic heterocycles. The summed E-state index contributed by atoms with van der Waals surface area (Å²) in [4.78, 5) is 0. The van der Waals surface area contributed by atoms with Crippen LogP contribution in [0.15, 0.2) is 48.7 Å². The molecule has 0 aliphatic rings. The third kappa shape index (κ3) is 4.90. The Morgan fingerprint density at radius 2 is 1.97 bits per heavy atom. The highest BCUT2D eigenvalue weighted by Crippen LogP contribution is 2.32. The molecule has 3 rings (SSSR count). The number of aryl methyl sites for hydroxylation is 2. The highest BCUT2D eigenvalue weighted by Gasteiger charge is 2.14. The Bertz CT molecular complexity index is 950. The van der Waals surface area contributed by atoms with Gasteiger partial charge in [0, 0.05) is 25.9 Å². The summed E-state index contributed by atoms with van der Waals surface area (Å²) >= 11 is 0. The largest absolute Gasteiger partial charge is 0.496 e. The van der Waals surface area contributed by atoms with E-state index in [0.717, 1.165) is 53.3 Å². The number of rotatable bonds is 9. The average molecular weight is 395 g/mol. The fourth-order valence-corrected chi connectivity index (χ4v) is 3.38. The first-order valence-electron chi connectivity index (χ1n) is 9.93. The fourth-order valence-electron chi connectivity index (χ4n) is 3.38. The summed E-state index contributed by atoms with van der Waals surface area (Å²) in [5.41, 5.74) is 5.06. The molecule has 154 valence electrons. The van der Waals surface area contributed by atoms with Gasteiger partial charge in [0.15, 0.2) is 0 Å². The van der Waals surface area contributed by atoms with Gasteiger partial charge in [-0.05, 0) is 54.8 Å². The van der Waals surface area contributed by atoms with Crippen LogP contribution in [0.1, 0.15) is 30.9 Å². The Morgan fingerprint density at radius 1 is 1.14 bits per heavy atom. The lowest BCUT2D eigenvalue weighted by Gasteiger charge is -2.20. The van der Waals surface area contributed by atoms with E-state index in [1.54, 1.807) is 12.1 Å². The number of nitrogens with two attached hydrogens (primary N) is 1. The number of nitrogens with zero attached hydrogens (tertiary/aromatic N) is 3. The van der Waals surface area contributed by atoms with E-state index in [1.807, 2.05) is 55.3 Å². The van der Waals surface area contributed by atoms with Crippen LogP contribution in [0.4, 0.5) is 5.69 Å². The van der Waals surface area contributed by atoms with E-state index in [-0.39, 0.29) is 0 Å². The highest BCUT2D eigenvalue weighted by molar-refractivity contribution is 5.62. The van der Waals surface area contributed by atoms with Gasteiger partial charge in [-0.1, -0.05) is 19.4 Å². The van der Waals surface area contributed by atoms with Crippen molar-refractivity contribution in [3.63, 3.8) is 0 Å². The maximum Gasteiger partial charge on any atom is 0.127 e. The molecule has 0 aliphatic heterocycles. The van der Waals surface area contributed by atoms with E-state index in [1.165, 1.54) is 5.56 Å². The molecule has 6 nitrogen and oxygen atoms in total. The smallest absolute Gasteiger partial charge is 0.127 e. The number of hydrogen-bond acceptors (Lipinski definition) is 5.